The fourth-order valence-corrected chi connectivity index (χ4v) is 2.52. The van der Waals surface area contributed by atoms with Gasteiger partial charge in [0.25, 0.3) is 5.91 Å². The average molecular weight is 379 g/mol. The third-order valence-corrected chi connectivity index (χ3v) is 3.80. The summed E-state index contributed by atoms with van der Waals surface area (Å²) >= 11 is 6.13. The molecule has 1 heterocycles. The third kappa shape index (κ3) is 4.23. The Hall–Kier alpha value is -2.80. The molecule has 1 atom stereocenters. The molecule has 1 aliphatic heterocycles. The minimum atomic E-state index is -0.923. The Balaban J connectivity index is 1.60. The molecular formula is C18H16ClFN2O4. The van der Waals surface area contributed by atoms with Crippen LogP contribution in [0.4, 0.5) is 4.39 Å². The van der Waals surface area contributed by atoms with E-state index < -0.39 is 17.8 Å². The summed E-state index contributed by atoms with van der Waals surface area (Å²) in [6.07, 6.45) is 0.491. The first-order chi connectivity index (χ1) is 12.5. The maximum Gasteiger partial charge on any atom is 0.280 e. The summed E-state index contributed by atoms with van der Waals surface area (Å²) in [5, 5.41) is 4.26. The highest BCUT2D eigenvalue weighted by atomic mass is 35.5. The van der Waals surface area contributed by atoms with Crippen LogP contribution in [0.2, 0.25) is 5.02 Å². The van der Waals surface area contributed by atoms with Gasteiger partial charge < -0.3 is 14.2 Å². The van der Waals surface area contributed by atoms with Gasteiger partial charge in [0, 0.05) is 0 Å². The van der Waals surface area contributed by atoms with Gasteiger partial charge >= 0.3 is 0 Å². The molecule has 6 nitrogen and oxygen atoms in total. The molecule has 136 valence electrons. The normalized spacial score (nSPS) is 14.1. The van der Waals surface area contributed by atoms with Gasteiger partial charge in [-0.05, 0) is 36.8 Å². The van der Waals surface area contributed by atoms with E-state index in [1.807, 2.05) is 0 Å². The van der Waals surface area contributed by atoms with Gasteiger partial charge in [-0.15, -0.1) is 0 Å². The number of ether oxygens (including phenoxy) is 3. The molecule has 0 aromatic heterocycles. The van der Waals surface area contributed by atoms with Gasteiger partial charge in [-0.1, -0.05) is 23.7 Å². The molecule has 0 fully saturated rings. The molecular weight excluding hydrogens is 363 g/mol. The average Bonchev–Trinajstić information content (AvgIpc) is 2.63. The van der Waals surface area contributed by atoms with E-state index in [-0.39, 0.29) is 5.75 Å². The van der Waals surface area contributed by atoms with Gasteiger partial charge in [-0.3, -0.25) is 4.79 Å². The molecule has 26 heavy (non-hydrogen) atoms. The van der Waals surface area contributed by atoms with Gasteiger partial charge in [-0.2, -0.15) is 5.10 Å². The van der Waals surface area contributed by atoms with Crippen molar-refractivity contribution in [2.24, 2.45) is 5.10 Å². The summed E-state index contributed by atoms with van der Waals surface area (Å²) in [5.74, 6) is -0.0498. The second kappa shape index (κ2) is 8.05. The van der Waals surface area contributed by atoms with E-state index >= 15 is 0 Å². The van der Waals surface area contributed by atoms with Gasteiger partial charge in [0.15, 0.2) is 29.2 Å². The van der Waals surface area contributed by atoms with Crippen LogP contribution in [-0.2, 0) is 4.79 Å². The van der Waals surface area contributed by atoms with Crippen molar-refractivity contribution < 1.29 is 23.4 Å². The third-order valence-electron chi connectivity index (χ3n) is 3.52. The first-order valence-corrected chi connectivity index (χ1v) is 8.25. The van der Waals surface area contributed by atoms with Crippen LogP contribution in [0, 0.1) is 5.82 Å². The van der Waals surface area contributed by atoms with Crippen molar-refractivity contribution in [1.82, 2.24) is 5.43 Å². The summed E-state index contributed by atoms with van der Waals surface area (Å²) in [6, 6.07) is 9.20. The summed E-state index contributed by atoms with van der Waals surface area (Å²) in [7, 11) is 0. The number of halogens is 2. The Labute approximate surface area is 154 Å². The van der Waals surface area contributed by atoms with E-state index in [1.54, 1.807) is 18.2 Å². The van der Waals surface area contributed by atoms with Crippen molar-refractivity contribution in [3.8, 4) is 17.2 Å². The zero-order valence-electron chi connectivity index (χ0n) is 13.9. The molecule has 2 aromatic rings. The quantitative estimate of drug-likeness (QED) is 0.641. The molecule has 1 amide bonds. The van der Waals surface area contributed by atoms with Crippen LogP contribution in [0.5, 0.6) is 17.2 Å². The molecule has 2 aromatic carbocycles. The van der Waals surface area contributed by atoms with Crippen molar-refractivity contribution in [3.63, 3.8) is 0 Å². The van der Waals surface area contributed by atoms with Gasteiger partial charge in [-0.25, -0.2) is 9.82 Å². The lowest BCUT2D eigenvalue weighted by atomic mass is 10.2. The van der Waals surface area contributed by atoms with E-state index in [0.717, 1.165) is 0 Å². The Bertz CT molecular complexity index is 844. The van der Waals surface area contributed by atoms with E-state index in [0.29, 0.717) is 35.3 Å². The van der Waals surface area contributed by atoms with Gasteiger partial charge in [0.1, 0.15) is 13.2 Å². The van der Waals surface area contributed by atoms with E-state index in [1.165, 1.54) is 31.3 Å². The number of nitrogens with zero attached hydrogens (tertiary/aromatic N) is 1. The van der Waals surface area contributed by atoms with E-state index in [4.69, 9.17) is 25.8 Å². The standard InChI is InChI=1S/C18H16ClFN2O4/c1-11(26-15-5-3-2-4-14(15)20)18(23)22-21-10-12-8-13(19)17-16(9-12)24-6-7-25-17/h2-5,8-11H,6-7H2,1H3,(H,22,23)/b21-10-/t11-/m1/s1. The number of benzene rings is 2. The fraction of sp³-hybridized carbons (Fsp3) is 0.222. The number of rotatable bonds is 5. The maximum atomic E-state index is 13.5. The number of fused-ring (bicyclic) bond motifs is 1. The molecule has 0 saturated heterocycles. The van der Waals surface area contributed by atoms with Crippen LogP contribution in [-0.4, -0.2) is 31.4 Å². The summed E-state index contributed by atoms with van der Waals surface area (Å²) in [6.45, 7) is 2.37. The maximum absolute atomic E-state index is 13.5. The number of amides is 1. The summed E-state index contributed by atoms with van der Waals surface area (Å²) in [4.78, 5) is 12.0. The number of hydrazone groups is 1. The molecule has 1 N–H and O–H groups in total. The lowest BCUT2D eigenvalue weighted by Crippen LogP contribution is -2.33. The second-order valence-corrected chi connectivity index (χ2v) is 5.86. The molecule has 0 bridgehead atoms. The van der Waals surface area contributed by atoms with Crippen LogP contribution < -0.4 is 19.6 Å². The first-order valence-electron chi connectivity index (χ1n) is 7.88. The minimum absolute atomic E-state index is 0.00209. The Morgan fingerprint density at radius 3 is 2.92 bits per heavy atom. The smallest absolute Gasteiger partial charge is 0.280 e. The van der Waals surface area contributed by atoms with Gasteiger partial charge in [0.05, 0.1) is 11.2 Å². The number of carbonyl (C=O) groups is 1. The molecule has 0 spiro atoms. The monoisotopic (exact) mass is 378 g/mol. The Kier molecular flexibility index (Phi) is 5.58. The van der Waals surface area contributed by atoms with Crippen molar-refractivity contribution in [1.29, 1.82) is 0 Å². The zero-order valence-corrected chi connectivity index (χ0v) is 14.6. The lowest BCUT2D eigenvalue weighted by Gasteiger charge is -2.19. The van der Waals surface area contributed by atoms with Crippen molar-refractivity contribution in [2.75, 3.05) is 13.2 Å². The van der Waals surface area contributed by atoms with Crippen molar-refractivity contribution in [3.05, 3.63) is 52.8 Å². The second-order valence-electron chi connectivity index (χ2n) is 5.45. The van der Waals surface area contributed by atoms with Crippen molar-refractivity contribution in [2.45, 2.75) is 13.0 Å². The molecule has 1 aliphatic rings. The molecule has 0 saturated carbocycles. The number of carbonyl (C=O) groups excluding carboxylic acids is 1. The van der Waals surface area contributed by atoms with Crippen LogP contribution in [0.1, 0.15) is 12.5 Å². The molecule has 3 rings (SSSR count). The number of hydrogen-bond acceptors (Lipinski definition) is 5. The Morgan fingerprint density at radius 2 is 2.12 bits per heavy atom. The summed E-state index contributed by atoms with van der Waals surface area (Å²) < 4.78 is 29.7. The number of hydrogen-bond donors (Lipinski definition) is 1. The van der Waals surface area contributed by atoms with Crippen molar-refractivity contribution >= 4 is 23.7 Å². The topological polar surface area (TPSA) is 69.2 Å². The lowest BCUT2D eigenvalue weighted by molar-refractivity contribution is -0.127. The predicted octanol–water partition coefficient (Wildman–Crippen LogP) is 3.17. The van der Waals surface area contributed by atoms with E-state index in [2.05, 4.69) is 10.5 Å². The predicted molar refractivity (Wildman–Crippen MR) is 94.7 cm³/mol. The Morgan fingerprint density at radius 1 is 1.35 bits per heavy atom. The highest BCUT2D eigenvalue weighted by molar-refractivity contribution is 6.32. The molecule has 8 heteroatoms. The zero-order chi connectivity index (χ0) is 18.5. The summed E-state index contributed by atoms with van der Waals surface area (Å²) in [5.41, 5.74) is 2.97. The van der Waals surface area contributed by atoms with Crippen LogP contribution in [0.15, 0.2) is 41.5 Å². The fourth-order valence-electron chi connectivity index (χ4n) is 2.25. The molecule has 0 radical (unpaired) electrons. The van der Waals surface area contributed by atoms with E-state index in [9.17, 15) is 9.18 Å². The molecule has 0 aliphatic carbocycles. The largest absolute Gasteiger partial charge is 0.486 e. The highest BCUT2D eigenvalue weighted by Crippen LogP contribution is 2.37. The van der Waals surface area contributed by atoms with Crippen LogP contribution in [0.25, 0.3) is 0 Å². The van der Waals surface area contributed by atoms with Crippen LogP contribution >= 0.6 is 11.6 Å². The number of para-hydroxylation sites is 1. The SMILES string of the molecule is C[C@@H](Oc1ccccc1F)C(=O)N/N=C\c1cc(Cl)c2c(c1)OCCO2. The highest BCUT2D eigenvalue weighted by Gasteiger charge is 2.17. The molecule has 0 unspecified atom stereocenters. The number of nitrogens with one attached hydrogen (secondary N) is 1. The van der Waals surface area contributed by atoms with Gasteiger partial charge in [0.2, 0.25) is 0 Å². The first kappa shape index (κ1) is 18.0. The van der Waals surface area contributed by atoms with Crippen LogP contribution in [0.3, 0.4) is 0 Å². The minimum Gasteiger partial charge on any atom is -0.486 e.